The molecule has 7 nitrogen and oxygen atoms in total. The van der Waals surface area contributed by atoms with Crippen molar-refractivity contribution in [2.24, 2.45) is 18.0 Å². The fourth-order valence-electron chi connectivity index (χ4n) is 2.93. The second-order valence-electron chi connectivity index (χ2n) is 5.72. The highest BCUT2D eigenvalue weighted by atomic mass is 16.5. The zero-order valence-electron chi connectivity index (χ0n) is 13.1. The van der Waals surface area contributed by atoms with Crippen LogP contribution in [0.5, 0.6) is 0 Å². The number of nitrogens with one attached hydrogen (secondary N) is 1. The fourth-order valence-corrected chi connectivity index (χ4v) is 2.93. The molecule has 0 radical (unpaired) electrons. The molecule has 0 spiro atoms. The number of aromatic nitrogens is 3. The second kappa shape index (κ2) is 6.64. The van der Waals surface area contributed by atoms with E-state index in [9.17, 15) is 0 Å². The number of nitrogens with zero attached hydrogens (tertiary/aromatic N) is 5. The van der Waals surface area contributed by atoms with Crippen LogP contribution >= 0.6 is 0 Å². The first-order valence-electron chi connectivity index (χ1n) is 7.57. The van der Waals surface area contributed by atoms with Crippen LogP contribution in [0.2, 0.25) is 0 Å². The molecule has 1 fully saturated rings. The van der Waals surface area contributed by atoms with Gasteiger partial charge in [0.15, 0.2) is 5.96 Å². The predicted molar refractivity (Wildman–Crippen MR) is 83.3 cm³/mol. The fraction of sp³-hybridized carbons (Fsp3) is 0.533. The van der Waals surface area contributed by atoms with Gasteiger partial charge in [-0.05, 0) is 24.3 Å². The third-order valence-corrected chi connectivity index (χ3v) is 4.00. The van der Waals surface area contributed by atoms with Crippen molar-refractivity contribution in [3.63, 3.8) is 0 Å². The molecular weight excluding hydrogens is 280 g/mol. The Morgan fingerprint density at radius 3 is 3.14 bits per heavy atom. The van der Waals surface area contributed by atoms with Gasteiger partial charge < -0.3 is 14.7 Å². The Hall–Kier alpha value is -2.31. The van der Waals surface area contributed by atoms with Crippen molar-refractivity contribution in [1.29, 1.82) is 0 Å². The van der Waals surface area contributed by atoms with Crippen LogP contribution in [0, 0.1) is 5.92 Å². The predicted octanol–water partition coefficient (Wildman–Crippen LogP) is 1.05. The molecule has 3 heterocycles. The Labute approximate surface area is 130 Å². The van der Waals surface area contributed by atoms with Gasteiger partial charge in [-0.15, -0.1) is 0 Å². The lowest BCUT2D eigenvalue weighted by atomic mass is 10.0. The minimum Gasteiger partial charge on any atom is -0.364 e. The summed E-state index contributed by atoms with van der Waals surface area (Å²) in [5.74, 6) is 1.58. The van der Waals surface area contributed by atoms with Crippen LogP contribution in [0.4, 0.5) is 0 Å². The zero-order valence-corrected chi connectivity index (χ0v) is 13.1. The van der Waals surface area contributed by atoms with Crippen molar-refractivity contribution in [1.82, 2.24) is 25.2 Å². The molecule has 2 aromatic rings. The van der Waals surface area contributed by atoms with Gasteiger partial charge in [0.2, 0.25) is 0 Å². The smallest absolute Gasteiger partial charge is 0.193 e. The molecule has 0 bridgehead atoms. The average Bonchev–Trinajstić information content (AvgIpc) is 3.23. The molecule has 22 heavy (non-hydrogen) atoms. The Bertz CT molecular complexity index is 618. The van der Waals surface area contributed by atoms with E-state index in [1.165, 1.54) is 12.0 Å². The maximum atomic E-state index is 4.84. The van der Waals surface area contributed by atoms with E-state index >= 15 is 0 Å². The Balaban J connectivity index is 1.51. The molecule has 1 saturated heterocycles. The molecule has 1 aliphatic heterocycles. The molecule has 118 valence electrons. The standard InChI is InChI=1S/C15H22N6O/c1-16-15(17-9-14-4-6-22-19-14)21-5-3-12(11-21)7-13-8-18-20(2)10-13/h4,6,8,10,12H,3,5,7,9,11H2,1-2H3,(H,16,17). The first kappa shape index (κ1) is 14.6. The summed E-state index contributed by atoms with van der Waals surface area (Å²) >= 11 is 0. The minimum atomic E-state index is 0.632. The molecule has 0 aliphatic carbocycles. The Morgan fingerprint density at radius 1 is 1.55 bits per heavy atom. The number of rotatable bonds is 4. The van der Waals surface area contributed by atoms with Gasteiger partial charge in [-0.1, -0.05) is 5.16 Å². The van der Waals surface area contributed by atoms with Crippen LogP contribution in [0.15, 0.2) is 34.2 Å². The minimum absolute atomic E-state index is 0.632. The molecule has 3 rings (SSSR count). The summed E-state index contributed by atoms with van der Waals surface area (Å²) in [7, 11) is 3.78. The molecule has 1 atom stereocenters. The molecule has 0 amide bonds. The van der Waals surface area contributed by atoms with E-state index in [1.807, 2.05) is 31.0 Å². The van der Waals surface area contributed by atoms with Gasteiger partial charge in [-0.2, -0.15) is 5.10 Å². The Morgan fingerprint density at radius 2 is 2.45 bits per heavy atom. The summed E-state index contributed by atoms with van der Waals surface area (Å²) < 4.78 is 6.70. The van der Waals surface area contributed by atoms with E-state index in [-0.39, 0.29) is 0 Å². The summed E-state index contributed by atoms with van der Waals surface area (Å²) in [6.07, 6.45) is 7.89. The van der Waals surface area contributed by atoms with Gasteiger partial charge in [0.05, 0.1) is 12.7 Å². The first-order valence-corrected chi connectivity index (χ1v) is 7.57. The third kappa shape index (κ3) is 3.47. The van der Waals surface area contributed by atoms with E-state index in [4.69, 9.17) is 4.52 Å². The SMILES string of the molecule is CN=C(NCc1ccon1)N1CCC(Cc2cnn(C)c2)C1. The molecule has 0 aromatic carbocycles. The van der Waals surface area contributed by atoms with Crippen LogP contribution in [0.3, 0.4) is 0 Å². The van der Waals surface area contributed by atoms with Crippen molar-refractivity contribution in [3.05, 3.63) is 36.0 Å². The molecule has 1 N–H and O–H groups in total. The number of hydrogen-bond acceptors (Lipinski definition) is 4. The number of aryl methyl sites for hydroxylation is 1. The third-order valence-electron chi connectivity index (χ3n) is 4.00. The van der Waals surface area contributed by atoms with Gasteiger partial charge in [-0.25, -0.2) is 0 Å². The van der Waals surface area contributed by atoms with Crippen molar-refractivity contribution >= 4 is 5.96 Å². The van der Waals surface area contributed by atoms with E-state index in [2.05, 4.69) is 31.7 Å². The number of guanidine groups is 1. The molecule has 7 heteroatoms. The highest BCUT2D eigenvalue weighted by Crippen LogP contribution is 2.20. The van der Waals surface area contributed by atoms with Gasteiger partial charge in [-0.3, -0.25) is 9.67 Å². The van der Waals surface area contributed by atoms with Gasteiger partial charge in [0.1, 0.15) is 12.0 Å². The summed E-state index contributed by atoms with van der Waals surface area (Å²) in [4.78, 5) is 6.68. The molecule has 1 aliphatic rings. The number of likely N-dealkylation sites (tertiary alicyclic amines) is 1. The van der Waals surface area contributed by atoms with Crippen LogP contribution in [0.25, 0.3) is 0 Å². The Kier molecular flexibility index (Phi) is 4.41. The van der Waals surface area contributed by atoms with E-state index in [1.54, 1.807) is 6.26 Å². The van der Waals surface area contributed by atoms with E-state index in [0.29, 0.717) is 12.5 Å². The topological polar surface area (TPSA) is 71.5 Å². The molecular formula is C15H22N6O. The van der Waals surface area contributed by atoms with Gasteiger partial charge in [0, 0.05) is 39.4 Å². The highest BCUT2D eigenvalue weighted by molar-refractivity contribution is 5.80. The quantitative estimate of drug-likeness (QED) is 0.675. The lowest BCUT2D eigenvalue weighted by Crippen LogP contribution is -2.39. The van der Waals surface area contributed by atoms with Gasteiger partial charge in [0.25, 0.3) is 0 Å². The highest BCUT2D eigenvalue weighted by Gasteiger charge is 2.25. The summed E-state index contributed by atoms with van der Waals surface area (Å²) in [6, 6.07) is 1.86. The maximum absolute atomic E-state index is 4.84. The summed E-state index contributed by atoms with van der Waals surface area (Å²) in [5.41, 5.74) is 2.19. The van der Waals surface area contributed by atoms with Crippen molar-refractivity contribution < 1.29 is 4.52 Å². The number of hydrogen-bond donors (Lipinski definition) is 1. The first-order chi connectivity index (χ1) is 10.7. The average molecular weight is 302 g/mol. The van der Waals surface area contributed by atoms with Crippen molar-refractivity contribution in [2.75, 3.05) is 20.1 Å². The summed E-state index contributed by atoms with van der Waals surface area (Å²) in [5, 5.41) is 11.5. The second-order valence-corrected chi connectivity index (χ2v) is 5.72. The number of aliphatic imine (C=N–C) groups is 1. The lowest BCUT2D eigenvalue weighted by molar-refractivity contribution is 0.409. The van der Waals surface area contributed by atoms with Crippen LogP contribution in [0.1, 0.15) is 17.7 Å². The normalized spacial score (nSPS) is 18.9. The largest absolute Gasteiger partial charge is 0.364 e. The van der Waals surface area contributed by atoms with Gasteiger partial charge >= 0.3 is 0 Å². The molecule has 1 unspecified atom stereocenters. The van der Waals surface area contributed by atoms with Crippen LogP contribution < -0.4 is 5.32 Å². The van der Waals surface area contributed by atoms with Crippen molar-refractivity contribution in [3.8, 4) is 0 Å². The van der Waals surface area contributed by atoms with E-state index < -0.39 is 0 Å². The zero-order chi connectivity index (χ0) is 15.4. The van der Waals surface area contributed by atoms with Crippen LogP contribution in [-0.4, -0.2) is 45.9 Å². The lowest BCUT2D eigenvalue weighted by Gasteiger charge is -2.21. The molecule has 0 saturated carbocycles. The maximum Gasteiger partial charge on any atom is 0.193 e. The summed E-state index contributed by atoms with van der Waals surface area (Å²) in [6.45, 7) is 2.68. The molecule has 2 aromatic heterocycles. The monoisotopic (exact) mass is 302 g/mol. The van der Waals surface area contributed by atoms with E-state index in [0.717, 1.165) is 31.2 Å². The van der Waals surface area contributed by atoms with Crippen molar-refractivity contribution in [2.45, 2.75) is 19.4 Å². The van der Waals surface area contributed by atoms with Crippen LogP contribution in [-0.2, 0) is 20.0 Å².